The van der Waals surface area contributed by atoms with Crippen molar-refractivity contribution < 1.29 is 17.9 Å². The summed E-state index contributed by atoms with van der Waals surface area (Å²) in [7, 11) is -3.67. The molecule has 0 radical (unpaired) electrons. The summed E-state index contributed by atoms with van der Waals surface area (Å²) in [6, 6.07) is 25.9. The van der Waals surface area contributed by atoms with Gasteiger partial charge in [-0.05, 0) is 81.6 Å². The lowest BCUT2D eigenvalue weighted by Gasteiger charge is -2.37. The van der Waals surface area contributed by atoms with Crippen LogP contribution < -0.4 is 14.9 Å². The number of hydrogen-bond donors (Lipinski definition) is 2. The van der Waals surface area contributed by atoms with E-state index in [1.807, 2.05) is 51.1 Å². The molecule has 38 heavy (non-hydrogen) atoms. The van der Waals surface area contributed by atoms with Crippen LogP contribution in [0.25, 0.3) is 0 Å². The van der Waals surface area contributed by atoms with Crippen LogP contribution in [-0.2, 0) is 26.1 Å². The zero-order valence-electron chi connectivity index (χ0n) is 22.3. The molecule has 2 unspecified atom stereocenters. The molecule has 0 aromatic heterocycles. The summed E-state index contributed by atoms with van der Waals surface area (Å²) >= 11 is 0. The van der Waals surface area contributed by atoms with Crippen molar-refractivity contribution in [1.82, 2.24) is 5.32 Å². The van der Waals surface area contributed by atoms with Gasteiger partial charge in [-0.3, -0.25) is 9.52 Å². The molecule has 2 N–H and O–H groups in total. The number of hydrogen-bond acceptors (Lipinski definition) is 6. The van der Waals surface area contributed by atoms with Crippen LogP contribution in [0.5, 0.6) is 0 Å². The number of rotatable bonds is 9. The second-order valence-corrected chi connectivity index (χ2v) is 12.4. The predicted molar refractivity (Wildman–Crippen MR) is 151 cm³/mol. The summed E-state index contributed by atoms with van der Waals surface area (Å²) in [6.07, 6.45) is 0.865. The lowest BCUT2D eigenvalue weighted by molar-refractivity contribution is -0.162. The van der Waals surface area contributed by atoms with E-state index in [2.05, 4.69) is 27.1 Å². The Morgan fingerprint density at radius 1 is 0.974 bits per heavy atom. The highest BCUT2D eigenvalue weighted by Gasteiger charge is 2.35. The molecular formula is C30H37N3O4S. The predicted octanol–water partition coefficient (Wildman–Crippen LogP) is 5.06. The van der Waals surface area contributed by atoms with Crippen molar-refractivity contribution in [2.45, 2.75) is 44.2 Å². The van der Waals surface area contributed by atoms with Crippen LogP contribution in [0.1, 0.15) is 32.8 Å². The maximum absolute atomic E-state index is 13.0. The molecule has 0 spiro atoms. The minimum absolute atomic E-state index is 0.117. The fourth-order valence-corrected chi connectivity index (χ4v) is 5.77. The van der Waals surface area contributed by atoms with E-state index < -0.39 is 15.6 Å². The molecule has 7 nitrogen and oxygen atoms in total. The van der Waals surface area contributed by atoms with E-state index in [1.54, 1.807) is 42.5 Å². The van der Waals surface area contributed by atoms with Gasteiger partial charge < -0.3 is 15.0 Å². The summed E-state index contributed by atoms with van der Waals surface area (Å²) in [6.45, 7) is 8.47. The van der Waals surface area contributed by atoms with E-state index in [9.17, 15) is 13.2 Å². The van der Waals surface area contributed by atoms with Gasteiger partial charge in [0.1, 0.15) is 5.60 Å². The third-order valence-corrected chi connectivity index (χ3v) is 7.94. The third-order valence-electron chi connectivity index (χ3n) is 6.54. The molecule has 2 atom stereocenters. The van der Waals surface area contributed by atoms with E-state index in [0.29, 0.717) is 25.3 Å². The average molecular weight is 536 g/mol. The molecular weight excluding hydrogens is 498 g/mol. The molecule has 0 amide bonds. The minimum Gasteiger partial charge on any atom is -0.460 e. The molecule has 1 aliphatic heterocycles. The van der Waals surface area contributed by atoms with Gasteiger partial charge in [-0.25, -0.2) is 8.42 Å². The van der Waals surface area contributed by atoms with Gasteiger partial charge >= 0.3 is 5.97 Å². The molecule has 1 saturated heterocycles. The van der Waals surface area contributed by atoms with E-state index >= 15 is 0 Å². The van der Waals surface area contributed by atoms with E-state index in [1.165, 1.54) is 0 Å². The molecule has 8 heteroatoms. The molecule has 0 saturated carbocycles. The van der Waals surface area contributed by atoms with Crippen LogP contribution in [-0.4, -0.2) is 39.6 Å². The Labute approximate surface area is 226 Å². The number of sulfonamides is 1. The first-order valence-electron chi connectivity index (χ1n) is 13.0. The SMILES string of the molecule is CC(C)(C)OC(=O)C1CNCCC1CN(Cc1ccccc1)c1ccc(NS(=O)(=O)c2ccccc2)cc1. The van der Waals surface area contributed by atoms with E-state index in [4.69, 9.17) is 4.74 Å². The molecule has 4 rings (SSSR count). The first kappa shape index (κ1) is 27.7. The number of carbonyl (C=O) groups excluding carboxylic acids is 1. The third kappa shape index (κ3) is 7.58. The fourth-order valence-electron chi connectivity index (χ4n) is 4.69. The molecule has 0 aliphatic carbocycles. The topological polar surface area (TPSA) is 87.7 Å². The molecule has 3 aromatic rings. The normalized spacial score (nSPS) is 18.0. The van der Waals surface area contributed by atoms with Crippen LogP contribution >= 0.6 is 0 Å². The minimum atomic E-state index is -3.67. The Balaban J connectivity index is 1.55. The number of nitrogens with zero attached hydrogens (tertiary/aromatic N) is 1. The largest absolute Gasteiger partial charge is 0.460 e. The van der Waals surface area contributed by atoms with Crippen LogP contribution in [0.3, 0.4) is 0 Å². The summed E-state index contributed by atoms with van der Waals surface area (Å²) in [4.78, 5) is 15.5. The molecule has 1 heterocycles. The number of piperidine rings is 1. The monoisotopic (exact) mass is 535 g/mol. The molecule has 0 bridgehead atoms. The quantitative estimate of drug-likeness (QED) is 0.373. The Morgan fingerprint density at radius 3 is 2.24 bits per heavy atom. The summed E-state index contributed by atoms with van der Waals surface area (Å²) in [5.74, 6) is -0.288. The molecule has 1 aliphatic rings. The fraction of sp³-hybridized carbons (Fsp3) is 0.367. The van der Waals surface area contributed by atoms with Gasteiger partial charge in [0, 0.05) is 31.0 Å². The van der Waals surface area contributed by atoms with Gasteiger partial charge in [0.05, 0.1) is 10.8 Å². The van der Waals surface area contributed by atoms with Gasteiger partial charge in [0.2, 0.25) is 0 Å². The Hall–Kier alpha value is -3.36. The highest BCUT2D eigenvalue weighted by atomic mass is 32.2. The van der Waals surface area contributed by atoms with Crippen molar-refractivity contribution in [3.8, 4) is 0 Å². The summed E-state index contributed by atoms with van der Waals surface area (Å²) < 4.78 is 33.9. The number of benzene rings is 3. The first-order valence-corrected chi connectivity index (χ1v) is 14.5. The van der Waals surface area contributed by atoms with Crippen LogP contribution in [0, 0.1) is 11.8 Å². The van der Waals surface area contributed by atoms with E-state index in [-0.39, 0.29) is 22.7 Å². The Kier molecular flexibility index (Phi) is 8.74. The number of nitrogens with one attached hydrogen (secondary N) is 2. The zero-order chi connectivity index (χ0) is 27.2. The van der Waals surface area contributed by atoms with Gasteiger partial charge in [-0.15, -0.1) is 0 Å². The maximum atomic E-state index is 13.0. The van der Waals surface area contributed by atoms with Crippen LogP contribution in [0.15, 0.2) is 89.8 Å². The number of ether oxygens (including phenoxy) is 1. The van der Waals surface area contributed by atoms with Crippen molar-refractivity contribution >= 4 is 27.4 Å². The van der Waals surface area contributed by atoms with E-state index in [0.717, 1.165) is 24.2 Å². The second kappa shape index (κ2) is 12.0. The number of carbonyl (C=O) groups is 1. The number of anilines is 2. The van der Waals surface area contributed by atoms with Crippen LogP contribution in [0.2, 0.25) is 0 Å². The second-order valence-electron chi connectivity index (χ2n) is 10.7. The average Bonchev–Trinajstić information content (AvgIpc) is 2.89. The van der Waals surface area contributed by atoms with Crippen molar-refractivity contribution in [3.63, 3.8) is 0 Å². The molecule has 202 valence electrons. The van der Waals surface area contributed by atoms with Gasteiger partial charge in [0.25, 0.3) is 10.0 Å². The van der Waals surface area contributed by atoms with Gasteiger partial charge in [-0.2, -0.15) is 0 Å². The highest BCUT2D eigenvalue weighted by molar-refractivity contribution is 7.92. The summed E-state index contributed by atoms with van der Waals surface area (Å²) in [5.41, 5.74) is 2.07. The molecule has 3 aromatic carbocycles. The number of esters is 1. The smallest absolute Gasteiger partial charge is 0.311 e. The van der Waals surface area contributed by atoms with Crippen LogP contribution in [0.4, 0.5) is 11.4 Å². The summed E-state index contributed by atoms with van der Waals surface area (Å²) in [5, 5.41) is 3.35. The van der Waals surface area contributed by atoms with Crippen molar-refractivity contribution in [2.24, 2.45) is 11.8 Å². The zero-order valence-corrected chi connectivity index (χ0v) is 23.1. The van der Waals surface area contributed by atoms with Gasteiger partial charge in [-0.1, -0.05) is 48.5 Å². The Bertz CT molecular complexity index is 1290. The lowest BCUT2D eigenvalue weighted by Crippen LogP contribution is -2.47. The lowest BCUT2D eigenvalue weighted by atomic mass is 9.85. The standard InChI is InChI=1S/C30H37N3O4S/c1-30(2,3)37-29(34)28-20-31-19-18-24(28)22-33(21-23-10-6-4-7-11-23)26-16-14-25(15-17-26)32-38(35,36)27-12-8-5-9-13-27/h4-17,24,28,31-32H,18-22H2,1-3H3. The van der Waals surface area contributed by atoms with Crippen molar-refractivity contribution in [3.05, 3.63) is 90.5 Å². The first-order chi connectivity index (χ1) is 18.1. The van der Waals surface area contributed by atoms with Crippen molar-refractivity contribution in [2.75, 3.05) is 29.3 Å². The molecule has 1 fully saturated rings. The highest BCUT2D eigenvalue weighted by Crippen LogP contribution is 2.29. The van der Waals surface area contributed by atoms with Crippen molar-refractivity contribution in [1.29, 1.82) is 0 Å². The van der Waals surface area contributed by atoms with Gasteiger partial charge in [0.15, 0.2) is 0 Å². The Morgan fingerprint density at radius 2 is 1.61 bits per heavy atom. The maximum Gasteiger partial charge on any atom is 0.311 e.